The zero-order valence-electron chi connectivity index (χ0n) is 14.8. The molecule has 0 N–H and O–H groups in total. The fourth-order valence-electron chi connectivity index (χ4n) is 3.20. The van der Waals surface area contributed by atoms with Gasteiger partial charge in [0.25, 0.3) is 5.91 Å². The Bertz CT molecular complexity index is 883. The van der Waals surface area contributed by atoms with Gasteiger partial charge in [0.05, 0.1) is 0 Å². The Hall–Kier alpha value is -2.66. The van der Waals surface area contributed by atoms with E-state index in [0.717, 1.165) is 53.6 Å². The first-order valence-corrected chi connectivity index (χ1v) is 9.74. The molecule has 0 unspecified atom stereocenters. The number of likely N-dealkylation sites (tertiary alicyclic amines) is 1. The smallest absolute Gasteiger partial charge is 0.253 e. The van der Waals surface area contributed by atoms with Crippen LogP contribution in [-0.4, -0.2) is 35.9 Å². The first-order chi connectivity index (χ1) is 12.7. The molecule has 0 saturated carbocycles. The summed E-state index contributed by atoms with van der Waals surface area (Å²) in [7, 11) is 2.00. The van der Waals surface area contributed by atoms with E-state index in [4.69, 9.17) is 4.98 Å². The molecule has 1 aliphatic heterocycles. The second-order valence-corrected chi connectivity index (χ2v) is 7.34. The Labute approximate surface area is 157 Å². The molecule has 5 heteroatoms. The summed E-state index contributed by atoms with van der Waals surface area (Å²) in [4.78, 5) is 21.2. The fourth-order valence-corrected chi connectivity index (χ4v) is 4.04. The minimum absolute atomic E-state index is 0.136. The summed E-state index contributed by atoms with van der Waals surface area (Å²) in [6.07, 6.45) is 2.22. The molecular weight excluding hydrogens is 342 g/mol. The van der Waals surface area contributed by atoms with E-state index in [9.17, 15) is 4.79 Å². The highest BCUT2D eigenvalue weighted by molar-refractivity contribution is 7.13. The van der Waals surface area contributed by atoms with Gasteiger partial charge in [-0.15, -0.1) is 11.3 Å². The third-order valence-electron chi connectivity index (χ3n) is 4.75. The van der Waals surface area contributed by atoms with Crippen LogP contribution in [0.25, 0.3) is 10.6 Å². The summed E-state index contributed by atoms with van der Waals surface area (Å²) in [6, 6.07) is 18.0. The molecular formula is C21H21N3OS. The largest absolute Gasteiger partial charge is 0.339 e. The van der Waals surface area contributed by atoms with Gasteiger partial charge in [-0.2, -0.15) is 0 Å². The van der Waals surface area contributed by atoms with Crippen LogP contribution in [0.3, 0.4) is 0 Å². The van der Waals surface area contributed by atoms with E-state index in [-0.39, 0.29) is 5.91 Å². The molecule has 4 rings (SSSR count). The third kappa shape index (κ3) is 3.35. The molecule has 26 heavy (non-hydrogen) atoms. The summed E-state index contributed by atoms with van der Waals surface area (Å²) in [5.74, 6) is 1.05. The lowest BCUT2D eigenvalue weighted by Crippen LogP contribution is -2.27. The average molecular weight is 363 g/mol. The maximum absolute atomic E-state index is 12.5. The van der Waals surface area contributed by atoms with E-state index in [1.165, 1.54) is 0 Å². The van der Waals surface area contributed by atoms with E-state index in [1.807, 2.05) is 59.3 Å². The van der Waals surface area contributed by atoms with Gasteiger partial charge in [0, 0.05) is 42.3 Å². The lowest BCUT2D eigenvalue weighted by Gasteiger charge is -2.18. The number of rotatable bonds is 4. The number of carbonyl (C=O) groups excluding carboxylic acids is 1. The molecule has 3 aromatic rings. The van der Waals surface area contributed by atoms with Crippen LogP contribution >= 0.6 is 11.3 Å². The Morgan fingerprint density at radius 3 is 2.42 bits per heavy atom. The zero-order chi connectivity index (χ0) is 17.9. The number of benzene rings is 2. The summed E-state index contributed by atoms with van der Waals surface area (Å²) in [5.41, 5.74) is 2.91. The topological polar surface area (TPSA) is 36.4 Å². The van der Waals surface area contributed by atoms with Gasteiger partial charge in [-0.05, 0) is 37.1 Å². The zero-order valence-corrected chi connectivity index (χ0v) is 15.6. The van der Waals surface area contributed by atoms with Crippen molar-refractivity contribution >= 4 is 28.7 Å². The fraction of sp³-hybridized carbons (Fsp3) is 0.238. The molecule has 0 atom stereocenters. The molecule has 132 valence electrons. The number of hydrogen-bond acceptors (Lipinski definition) is 4. The van der Waals surface area contributed by atoms with E-state index in [2.05, 4.69) is 17.5 Å². The molecule has 2 heterocycles. The van der Waals surface area contributed by atoms with Crippen molar-refractivity contribution in [1.29, 1.82) is 0 Å². The van der Waals surface area contributed by atoms with E-state index in [0.29, 0.717) is 0 Å². The van der Waals surface area contributed by atoms with Gasteiger partial charge in [-0.25, -0.2) is 4.98 Å². The van der Waals surface area contributed by atoms with Crippen LogP contribution in [0.2, 0.25) is 0 Å². The van der Waals surface area contributed by atoms with Gasteiger partial charge >= 0.3 is 0 Å². The number of aromatic nitrogens is 1. The molecule has 1 aliphatic rings. The van der Waals surface area contributed by atoms with Crippen LogP contribution in [-0.2, 0) is 0 Å². The molecule has 0 spiro atoms. The van der Waals surface area contributed by atoms with Crippen molar-refractivity contribution in [2.75, 3.05) is 25.0 Å². The first-order valence-electron chi connectivity index (χ1n) is 8.86. The Morgan fingerprint density at radius 2 is 1.73 bits per heavy atom. The lowest BCUT2D eigenvalue weighted by atomic mass is 10.1. The number of carbonyl (C=O) groups is 1. The van der Waals surface area contributed by atoms with Crippen molar-refractivity contribution in [2.24, 2.45) is 0 Å². The third-order valence-corrected chi connectivity index (χ3v) is 5.63. The molecule has 1 aromatic heterocycles. The summed E-state index contributed by atoms with van der Waals surface area (Å²) < 4.78 is 0. The maximum atomic E-state index is 12.5. The average Bonchev–Trinajstić information content (AvgIpc) is 3.40. The van der Waals surface area contributed by atoms with Crippen molar-refractivity contribution in [3.63, 3.8) is 0 Å². The second-order valence-electron chi connectivity index (χ2n) is 6.48. The van der Waals surface area contributed by atoms with Gasteiger partial charge in [-0.3, -0.25) is 4.79 Å². The molecule has 0 aliphatic carbocycles. The number of anilines is 2. The van der Waals surface area contributed by atoms with Gasteiger partial charge in [0.1, 0.15) is 10.8 Å². The standard InChI is InChI=1S/C21H21N3OS/c1-23(19-15-26-20(22-19)16-7-3-2-4-8-16)18-11-9-17(10-12-18)21(25)24-13-5-6-14-24/h2-4,7-12,15H,5-6,13-14H2,1H3. The maximum Gasteiger partial charge on any atom is 0.253 e. The Kier molecular flexibility index (Phi) is 4.71. The summed E-state index contributed by atoms with van der Waals surface area (Å²) in [5, 5.41) is 3.07. The second kappa shape index (κ2) is 7.30. The van der Waals surface area contributed by atoms with Crippen molar-refractivity contribution in [3.8, 4) is 10.6 Å². The SMILES string of the molecule is CN(c1ccc(C(=O)N2CCCC2)cc1)c1csc(-c2ccccc2)n1. The van der Waals surface area contributed by atoms with Crippen LogP contribution in [0.15, 0.2) is 60.0 Å². The van der Waals surface area contributed by atoms with Crippen LogP contribution in [0.5, 0.6) is 0 Å². The molecule has 0 bridgehead atoms. The molecule has 1 saturated heterocycles. The summed E-state index contributed by atoms with van der Waals surface area (Å²) >= 11 is 1.64. The predicted octanol–water partition coefficient (Wildman–Crippen LogP) is 4.81. The predicted molar refractivity (Wildman–Crippen MR) is 107 cm³/mol. The van der Waals surface area contributed by atoms with E-state index < -0.39 is 0 Å². The molecule has 1 amide bonds. The van der Waals surface area contributed by atoms with Crippen LogP contribution < -0.4 is 4.90 Å². The van der Waals surface area contributed by atoms with Crippen molar-refractivity contribution < 1.29 is 4.79 Å². The molecule has 2 aromatic carbocycles. The number of nitrogens with zero attached hydrogens (tertiary/aromatic N) is 3. The molecule has 4 nitrogen and oxygen atoms in total. The Morgan fingerprint density at radius 1 is 1.04 bits per heavy atom. The molecule has 1 fully saturated rings. The van der Waals surface area contributed by atoms with E-state index in [1.54, 1.807) is 11.3 Å². The van der Waals surface area contributed by atoms with Gasteiger partial charge < -0.3 is 9.80 Å². The quantitative estimate of drug-likeness (QED) is 0.667. The lowest BCUT2D eigenvalue weighted by molar-refractivity contribution is 0.0793. The minimum atomic E-state index is 0.136. The number of amides is 1. The van der Waals surface area contributed by atoms with Crippen LogP contribution in [0.1, 0.15) is 23.2 Å². The van der Waals surface area contributed by atoms with Gasteiger partial charge in [0.2, 0.25) is 0 Å². The molecule has 0 radical (unpaired) electrons. The van der Waals surface area contributed by atoms with Crippen LogP contribution in [0.4, 0.5) is 11.5 Å². The normalized spacial score (nSPS) is 13.8. The van der Waals surface area contributed by atoms with Crippen molar-refractivity contribution in [1.82, 2.24) is 9.88 Å². The van der Waals surface area contributed by atoms with Crippen LogP contribution in [0, 0.1) is 0 Å². The Balaban J connectivity index is 1.50. The number of thiazole rings is 1. The van der Waals surface area contributed by atoms with Crippen molar-refractivity contribution in [2.45, 2.75) is 12.8 Å². The number of hydrogen-bond donors (Lipinski definition) is 0. The highest BCUT2D eigenvalue weighted by Gasteiger charge is 2.19. The highest BCUT2D eigenvalue weighted by Crippen LogP contribution is 2.30. The highest BCUT2D eigenvalue weighted by atomic mass is 32.1. The monoisotopic (exact) mass is 363 g/mol. The summed E-state index contributed by atoms with van der Waals surface area (Å²) in [6.45, 7) is 1.75. The van der Waals surface area contributed by atoms with E-state index >= 15 is 0 Å². The van der Waals surface area contributed by atoms with Gasteiger partial charge in [0.15, 0.2) is 0 Å². The minimum Gasteiger partial charge on any atom is -0.339 e. The first kappa shape index (κ1) is 16.8. The van der Waals surface area contributed by atoms with Crippen molar-refractivity contribution in [3.05, 3.63) is 65.5 Å². The van der Waals surface area contributed by atoms with Gasteiger partial charge in [-0.1, -0.05) is 30.3 Å².